The van der Waals surface area contributed by atoms with Crippen LogP contribution < -0.4 is 0 Å². The molecule has 2 fully saturated rings. The first-order valence-electron chi connectivity index (χ1n) is 5.46. The van der Waals surface area contributed by atoms with Crippen molar-refractivity contribution in [2.75, 3.05) is 13.1 Å². The minimum Gasteiger partial charge on any atom is -0.386 e. The summed E-state index contributed by atoms with van der Waals surface area (Å²) < 4.78 is 1.78. The molecule has 0 spiro atoms. The predicted octanol–water partition coefficient (Wildman–Crippen LogP) is 2.87. The number of rotatable bonds is 2. The van der Waals surface area contributed by atoms with Gasteiger partial charge in [0.2, 0.25) is 0 Å². The third-order valence-electron chi connectivity index (χ3n) is 3.44. The molecule has 0 atom stereocenters. The van der Waals surface area contributed by atoms with Crippen molar-refractivity contribution in [2.24, 2.45) is 5.92 Å². The normalized spacial score (nSPS) is 22.4. The fourth-order valence-corrected chi connectivity index (χ4v) is 5.07. The average Bonchev–Trinajstić information content (AvgIpc) is 3.00. The zero-order valence-electron chi connectivity index (χ0n) is 8.95. The second-order valence-corrected chi connectivity index (χ2v) is 8.53. The van der Waals surface area contributed by atoms with E-state index in [1.165, 1.54) is 11.3 Å². The van der Waals surface area contributed by atoms with Crippen molar-refractivity contribution < 1.29 is 9.90 Å². The van der Waals surface area contributed by atoms with Crippen LogP contribution in [-0.4, -0.2) is 34.6 Å². The summed E-state index contributed by atoms with van der Waals surface area (Å²) in [4.78, 5) is 13.9. The molecular formula is C11H11Br2NO2S. The predicted molar refractivity (Wildman–Crippen MR) is 73.3 cm³/mol. The Bertz CT molecular complexity index is 478. The quantitative estimate of drug-likeness (QED) is 0.856. The maximum Gasteiger partial charge on any atom is 0.256 e. The number of amides is 1. The number of carbonyl (C=O) groups excluding carboxylic acids is 1. The Hall–Kier alpha value is 0.0900. The van der Waals surface area contributed by atoms with Crippen LogP contribution in [0.1, 0.15) is 23.2 Å². The van der Waals surface area contributed by atoms with Crippen LogP contribution in [0.25, 0.3) is 0 Å². The van der Waals surface area contributed by atoms with E-state index in [-0.39, 0.29) is 5.91 Å². The fraction of sp³-hybridized carbons (Fsp3) is 0.545. The number of halogens is 2. The third-order valence-corrected chi connectivity index (χ3v) is 5.78. The maximum absolute atomic E-state index is 12.2. The monoisotopic (exact) mass is 379 g/mol. The number of nitrogens with zero attached hydrogens (tertiary/aromatic N) is 1. The van der Waals surface area contributed by atoms with Crippen LogP contribution in [0.15, 0.2) is 13.6 Å². The molecule has 1 aromatic heterocycles. The highest BCUT2D eigenvalue weighted by Gasteiger charge is 2.53. The number of likely N-dealkylation sites (tertiary alicyclic amines) is 1. The Kier molecular flexibility index (Phi) is 2.89. The average molecular weight is 381 g/mol. The van der Waals surface area contributed by atoms with Crippen LogP contribution in [0, 0.1) is 5.92 Å². The van der Waals surface area contributed by atoms with Crippen molar-refractivity contribution in [1.29, 1.82) is 0 Å². The molecule has 1 aliphatic heterocycles. The zero-order chi connectivity index (χ0) is 12.2. The van der Waals surface area contributed by atoms with Gasteiger partial charge in [-0.3, -0.25) is 4.79 Å². The summed E-state index contributed by atoms with van der Waals surface area (Å²) in [6.07, 6.45) is 2.21. The molecule has 1 amide bonds. The highest BCUT2D eigenvalue weighted by molar-refractivity contribution is 9.12. The van der Waals surface area contributed by atoms with Gasteiger partial charge in [0.25, 0.3) is 5.91 Å². The van der Waals surface area contributed by atoms with Crippen molar-refractivity contribution in [1.82, 2.24) is 4.90 Å². The summed E-state index contributed by atoms with van der Waals surface area (Å²) in [5, 5.41) is 10.2. The molecular weight excluding hydrogens is 370 g/mol. The van der Waals surface area contributed by atoms with Gasteiger partial charge in [-0.15, -0.1) is 11.3 Å². The molecule has 1 saturated heterocycles. The van der Waals surface area contributed by atoms with Crippen molar-refractivity contribution in [3.05, 3.63) is 19.2 Å². The van der Waals surface area contributed by atoms with E-state index in [1.54, 1.807) is 4.90 Å². The lowest BCUT2D eigenvalue weighted by molar-refractivity contribution is -0.0958. The Morgan fingerprint density at radius 3 is 2.59 bits per heavy atom. The molecule has 0 aromatic carbocycles. The van der Waals surface area contributed by atoms with E-state index >= 15 is 0 Å². The Morgan fingerprint density at radius 2 is 2.12 bits per heavy atom. The van der Waals surface area contributed by atoms with Gasteiger partial charge in [-0.05, 0) is 56.7 Å². The summed E-state index contributed by atoms with van der Waals surface area (Å²) in [6, 6.07) is 1.82. The molecule has 1 aliphatic carbocycles. The lowest BCUT2D eigenvalue weighted by Gasteiger charge is -2.46. The minimum absolute atomic E-state index is 0.00384. The van der Waals surface area contributed by atoms with Crippen molar-refractivity contribution in [3.8, 4) is 0 Å². The maximum atomic E-state index is 12.2. The largest absolute Gasteiger partial charge is 0.386 e. The van der Waals surface area contributed by atoms with E-state index in [0.717, 1.165) is 20.4 Å². The summed E-state index contributed by atoms with van der Waals surface area (Å²) in [6.45, 7) is 0.965. The number of hydrogen-bond acceptors (Lipinski definition) is 3. The van der Waals surface area contributed by atoms with E-state index in [2.05, 4.69) is 31.9 Å². The van der Waals surface area contributed by atoms with Crippen LogP contribution >= 0.6 is 43.2 Å². The van der Waals surface area contributed by atoms with Gasteiger partial charge in [0.05, 0.1) is 26.2 Å². The molecule has 1 N–H and O–H groups in total. The van der Waals surface area contributed by atoms with Crippen molar-refractivity contribution in [2.45, 2.75) is 18.4 Å². The summed E-state index contributed by atoms with van der Waals surface area (Å²) >= 11 is 8.24. The molecule has 1 aromatic rings. The first-order valence-corrected chi connectivity index (χ1v) is 7.86. The highest BCUT2D eigenvalue weighted by atomic mass is 79.9. The molecule has 3 rings (SSSR count). The molecule has 0 radical (unpaired) electrons. The smallest absolute Gasteiger partial charge is 0.256 e. The number of hydrogen-bond donors (Lipinski definition) is 1. The van der Waals surface area contributed by atoms with Crippen LogP contribution in [0.3, 0.4) is 0 Å². The van der Waals surface area contributed by atoms with Crippen molar-refractivity contribution >= 4 is 49.1 Å². The minimum atomic E-state index is -0.602. The Labute approximate surface area is 120 Å². The molecule has 0 unspecified atom stereocenters. The van der Waals surface area contributed by atoms with E-state index in [1.807, 2.05) is 6.07 Å². The van der Waals surface area contributed by atoms with Crippen molar-refractivity contribution in [3.63, 3.8) is 0 Å². The van der Waals surface area contributed by atoms with Crippen LogP contribution in [0.2, 0.25) is 0 Å². The standard InChI is InChI=1S/C11H11Br2NO2S/c12-8-3-7(9(13)17-8)10(15)14-4-11(16,5-14)6-1-2-6/h3,6,16H,1-2,4-5H2. The van der Waals surface area contributed by atoms with E-state index < -0.39 is 5.60 Å². The Balaban J connectivity index is 1.71. The molecule has 2 aliphatic rings. The summed E-state index contributed by atoms with van der Waals surface area (Å²) in [5.74, 6) is 0.424. The lowest BCUT2D eigenvalue weighted by atomic mass is 9.88. The lowest BCUT2D eigenvalue weighted by Crippen LogP contribution is -2.64. The first kappa shape index (κ1) is 12.1. The number of carbonyl (C=O) groups is 1. The van der Waals surface area contributed by atoms with Gasteiger partial charge in [-0.1, -0.05) is 0 Å². The van der Waals surface area contributed by atoms with E-state index in [0.29, 0.717) is 24.6 Å². The van der Waals surface area contributed by atoms with Gasteiger partial charge >= 0.3 is 0 Å². The second kappa shape index (κ2) is 4.05. The van der Waals surface area contributed by atoms with Gasteiger partial charge in [-0.2, -0.15) is 0 Å². The third kappa shape index (κ3) is 2.09. The van der Waals surface area contributed by atoms with Gasteiger partial charge in [0, 0.05) is 0 Å². The molecule has 17 heavy (non-hydrogen) atoms. The molecule has 2 heterocycles. The van der Waals surface area contributed by atoms with Crippen LogP contribution in [0.4, 0.5) is 0 Å². The fourth-order valence-electron chi connectivity index (χ4n) is 2.29. The molecule has 1 saturated carbocycles. The van der Waals surface area contributed by atoms with Crippen LogP contribution in [-0.2, 0) is 0 Å². The van der Waals surface area contributed by atoms with E-state index in [9.17, 15) is 9.90 Å². The molecule has 3 nitrogen and oxygen atoms in total. The first-order chi connectivity index (χ1) is 7.99. The summed E-state index contributed by atoms with van der Waals surface area (Å²) in [7, 11) is 0. The molecule has 6 heteroatoms. The van der Waals surface area contributed by atoms with E-state index in [4.69, 9.17) is 0 Å². The number of thiophene rings is 1. The number of aliphatic hydroxyl groups is 1. The topological polar surface area (TPSA) is 40.5 Å². The Morgan fingerprint density at radius 1 is 1.47 bits per heavy atom. The summed E-state index contributed by atoms with van der Waals surface area (Å²) in [5.41, 5.74) is 0.0785. The zero-order valence-corrected chi connectivity index (χ0v) is 12.9. The van der Waals surface area contributed by atoms with Gasteiger partial charge in [0.15, 0.2) is 0 Å². The SMILES string of the molecule is O=C(c1cc(Br)sc1Br)N1CC(O)(C2CC2)C1. The highest BCUT2D eigenvalue weighted by Crippen LogP contribution is 2.45. The number of β-amino-alcohol motifs (C(OH)–C–C–N with tert-alkyl or cyclic N) is 1. The molecule has 92 valence electrons. The van der Waals surface area contributed by atoms with Gasteiger partial charge in [-0.25, -0.2) is 0 Å². The van der Waals surface area contributed by atoms with Gasteiger partial charge in [0.1, 0.15) is 5.60 Å². The van der Waals surface area contributed by atoms with Gasteiger partial charge < -0.3 is 10.0 Å². The second-order valence-electron chi connectivity index (χ2n) is 4.78. The molecule has 0 bridgehead atoms. The van der Waals surface area contributed by atoms with Crippen LogP contribution in [0.5, 0.6) is 0 Å².